The molecule has 7 heteroatoms. The first kappa shape index (κ1) is 24.9. The number of phenols is 1. The molecule has 1 atom stereocenters. The summed E-state index contributed by atoms with van der Waals surface area (Å²) in [5, 5.41) is 23.7. The van der Waals surface area contributed by atoms with Crippen LogP contribution in [0, 0.1) is 0 Å². The summed E-state index contributed by atoms with van der Waals surface area (Å²) in [5.41, 5.74) is 2.35. The Morgan fingerprint density at radius 3 is 2.32 bits per heavy atom. The van der Waals surface area contributed by atoms with Crippen LogP contribution in [-0.2, 0) is 9.59 Å². The van der Waals surface area contributed by atoms with Gasteiger partial charge in [-0.05, 0) is 65.7 Å². The van der Waals surface area contributed by atoms with Crippen LogP contribution in [0.1, 0.15) is 24.1 Å². The van der Waals surface area contributed by atoms with Crippen LogP contribution in [0.2, 0.25) is 0 Å². The zero-order valence-electron chi connectivity index (χ0n) is 21.4. The third kappa shape index (κ3) is 4.32. The predicted octanol–water partition coefficient (Wildman–Crippen LogP) is 5.64. The summed E-state index contributed by atoms with van der Waals surface area (Å²) in [7, 11) is 3.83. The number of amides is 1. The van der Waals surface area contributed by atoms with Crippen molar-refractivity contribution in [3.05, 3.63) is 102 Å². The molecule has 1 fully saturated rings. The van der Waals surface area contributed by atoms with Crippen molar-refractivity contribution in [3.63, 3.8) is 0 Å². The molecule has 2 N–H and O–H groups in total. The summed E-state index contributed by atoms with van der Waals surface area (Å²) in [4.78, 5) is 30.3. The number of aromatic hydroxyl groups is 1. The van der Waals surface area contributed by atoms with Crippen molar-refractivity contribution in [1.29, 1.82) is 0 Å². The number of benzene rings is 4. The van der Waals surface area contributed by atoms with Gasteiger partial charge in [0, 0.05) is 31.0 Å². The number of Topliss-reactive ketones (excluding diaryl/α,β-unsaturated/α-hetero) is 1. The van der Waals surface area contributed by atoms with Crippen LogP contribution in [-0.4, -0.2) is 42.6 Å². The molecule has 4 aromatic rings. The maximum atomic E-state index is 13.5. The molecule has 0 spiro atoms. The number of hydrogen-bond donors (Lipinski definition) is 2. The van der Waals surface area contributed by atoms with E-state index < -0.39 is 17.7 Å². The Balaban J connectivity index is 1.71. The number of fused-ring (bicyclic) bond motifs is 1. The van der Waals surface area contributed by atoms with E-state index >= 15 is 0 Å². The van der Waals surface area contributed by atoms with Crippen LogP contribution in [0.15, 0.2) is 90.5 Å². The molecule has 0 radical (unpaired) electrons. The second kappa shape index (κ2) is 9.94. The van der Waals surface area contributed by atoms with Gasteiger partial charge >= 0.3 is 0 Å². The number of carbonyl (C=O) groups is 2. The third-order valence-electron chi connectivity index (χ3n) is 6.71. The van der Waals surface area contributed by atoms with Gasteiger partial charge in [0.25, 0.3) is 11.7 Å². The maximum absolute atomic E-state index is 13.5. The zero-order valence-corrected chi connectivity index (χ0v) is 21.4. The summed E-state index contributed by atoms with van der Waals surface area (Å²) in [6, 6.07) is 24.1. The van der Waals surface area contributed by atoms with Gasteiger partial charge in [-0.2, -0.15) is 0 Å². The molecule has 192 valence electrons. The highest BCUT2D eigenvalue weighted by Gasteiger charge is 2.47. The number of ether oxygens (including phenoxy) is 1. The summed E-state index contributed by atoms with van der Waals surface area (Å²) in [5.74, 6) is -1.64. The SMILES string of the molecule is CCOc1cc(C2/C(=C(\O)c3ccc4ccccc4c3)C(=O)C(=O)N2c2ccc(N(C)C)cc2)ccc1O. The lowest BCUT2D eigenvalue weighted by Gasteiger charge is -2.26. The molecule has 0 bridgehead atoms. The molecule has 7 nitrogen and oxygen atoms in total. The third-order valence-corrected chi connectivity index (χ3v) is 6.71. The first-order valence-electron chi connectivity index (χ1n) is 12.3. The van der Waals surface area contributed by atoms with Crippen molar-refractivity contribution >= 4 is 39.6 Å². The molecular formula is C31H28N2O5. The second-order valence-electron chi connectivity index (χ2n) is 9.30. The minimum absolute atomic E-state index is 0.0323. The summed E-state index contributed by atoms with van der Waals surface area (Å²) < 4.78 is 5.58. The molecule has 0 aromatic heterocycles. The van der Waals surface area contributed by atoms with Gasteiger partial charge < -0.3 is 19.8 Å². The number of hydrogen-bond acceptors (Lipinski definition) is 6. The van der Waals surface area contributed by atoms with Crippen molar-refractivity contribution in [3.8, 4) is 11.5 Å². The Morgan fingerprint density at radius 2 is 1.63 bits per heavy atom. The van der Waals surface area contributed by atoms with Crippen LogP contribution < -0.4 is 14.5 Å². The first-order chi connectivity index (χ1) is 18.3. The number of rotatable bonds is 6. The van der Waals surface area contributed by atoms with E-state index in [9.17, 15) is 19.8 Å². The highest BCUT2D eigenvalue weighted by Crippen LogP contribution is 2.44. The fourth-order valence-corrected chi connectivity index (χ4v) is 4.79. The fraction of sp³-hybridized carbons (Fsp3) is 0.161. The normalized spacial score (nSPS) is 16.7. The van der Waals surface area contributed by atoms with Crippen LogP contribution >= 0.6 is 0 Å². The zero-order chi connectivity index (χ0) is 27.0. The quantitative estimate of drug-likeness (QED) is 0.199. The molecule has 1 aliphatic rings. The van der Waals surface area contributed by atoms with Gasteiger partial charge in [0.1, 0.15) is 5.76 Å². The van der Waals surface area contributed by atoms with Crippen LogP contribution in [0.5, 0.6) is 11.5 Å². The summed E-state index contributed by atoms with van der Waals surface area (Å²) in [6.45, 7) is 2.12. The van der Waals surface area contributed by atoms with Crippen LogP contribution in [0.25, 0.3) is 16.5 Å². The largest absolute Gasteiger partial charge is 0.507 e. The number of phenolic OH excluding ortho intramolecular Hbond substituents is 1. The standard InChI is InChI=1S/C31H28N2O5/c1-4-38-26-18-21(11-16-25(26)34)28-27(29(35)22-10-9-19-7-5-6-8-20(19)17-22)30(36)31(37)33(28)24-14-12-23(13-15-24)32(2)3/h5-18,28,34-35H,4H2,1-3H3/b29-27+. The van der Waals surface area contributed by atoms with E-state index in [0.29, 0.717) is 23.4 Å². The lowest BCUT2D eigenvalue weighted by atomic mass is 9.94. The van der Waals surface area contributed by atoms with Gasteiger partial charge in [-0.3, -0.25) is 14.5 Å². The number of carbonyl (C=O) groups excluding carboxylic acids is 2. The molecular weight excluding hydrogens is 480 g/mol. The first-order valence-corrected chi connectivity index (χ1v) is 12.3. The molecule has 1 heterocycles. The Bertz CT molecular complexity index is 1570. The van der Waals surface area contributed by atoms with E-state index in [1.165, 1.54) is 11.0 Å². The van der Waals surface area contributed by atoms with Gasteiger partial charge in [0.2, 0.25) is 0 Å². The molecule has 1 unspecified atom stereocenters. The Kier molecular flexibility index (Phi) is 6.51. The van der Waals surface area contributed by atoms with Gasteiger partial charge in [-0.15, -0.1) is 0 Å². The molecule has 0 aliphatic carbocycles. The number of nitrogens with zero attached hydrogens (tertiary/aromatic N) is 2. The summed E-state index contributed by atoms with van der Waals surface area (Å²) in [6.07, 6.45) is 0. The molecule has 1 amide bonds. The van der Waals surface area contributed by atoms with Crippen LogP contribution in [0.3, 0.4) is 0 Å². The Hall–Kier alpha value is -4.78. The number of anilines is 2. The van der Waals surface area contributed by atoms with Gasteiger partial charge in [-0.25, -0.2) is 0 Å². The number of aliphatic hydroxyl groups excluding tert-OH is 1. The lowest BCUT2D eigenvalue weighted by molar-refractivity contribution is -0.132. The fourth-order valence-electron chi connectivity index (χ4n) is 4.79. The van der Waals surface area contributed by atoms with Crippen molar-refractivity contribution in [2.45, 2.75) is 13.0 Å². The topological polar surface area (TPSA) is 90.3 Å². The molecule has 0 saturated carbocycles. The smallest absolute Gasteiger partial charge is 0.300 e. The van der Waals surface area contributed by atoms with Crippen molar-refractivity contribution in [2.75, 3.05) is 30.5 Å². The number of aliphatic hydroxyl groups is 1. The van der Waals surface area contributed by atoms with Crippen molar-refractivity contribution < 1.29 is 24.5 Å². The van der Waals surface area contributed by atoms with E-state index in [4.69, 9.17) is 4.74 Å². The minimum atomic E-state index is -0.938. The average Bonchev–Trinajstić information content (AvgIpc) is 3.19. The van der Waals surface area contributed by atoms with Crippen LogP contribution in [0.4, 0.5) is 11.4 Å². The second-order valence-corrected chi connectivity index (χ2v) is 9.30. The number of ketones is 1. The van der Waals surface area contributed by atoms with E-state index in [1.54, 1.807) is 43.3 Å². The predicted molar refractivity (Wildman–Crippen MR) is 149 cm³/mol. The molecule has 38 heavy (non-hydrogen) atoms. The highest BCUT2D eigenvalue weighted by atomic mass is 16.5. The monoisotopic (exact) mass is 508 g/mol. The molecule has 1 saturated heterocycles. The van der Waals surface area contributed by atoms with E-state index in [1.807, 2.05) is 61.5 Å². The Morgan fingerprint density at radius 1 is 0.921 bits per heavy atom. The average molecular weight is 509 g/mol. The minimum Gasteiger partial charge on any atom is -0.507 e. The maximum Gasteiger partial charge on any atom is 0.300 e. The summed E-state index contributed by atoms with van der Waals surface area (Å²) >= 11 is 0. The van der Waals surface area contributed by atoms with Gasteiger partial charge in [0.05, 0.1) is 18.2 Å². The lowest BCUT2D eigenvalue weighted by Crippen LogP contribution is -2.29. The van der Waals surface area contributed by atoms with Crippen molar-refractivity contribution in [1.82, 2.24) is 0 Å². The van der Waals surface area contributed by atoms with E-state index in [-0.39, 0.29) is 22.8 Å². The van der Waals surface area contributed by atoms with Gasteiger partial charge in [-0.1, -0.05) is 42.5 Å². The van der Waals surface area contributed by atoms with Gasteiger partial charge in [0.15, 0.2) is 11.5 Å². The molecule has 5 rings (SSSR count). The van der Waals surface area contributed by atoms with E-state index in [0.717, 1.165) is 16.5 Å². The molecule has 4 aromatic carbocycles. The Labute approximate surface area is 220 Å². The molecule has 1 aliphatic heterocycles. The van der Waals surface area contributed by atoms with E-state index in [2.05, 4.69) is 0 Å². The highest BCUT2D eigenvalue weighted by molar-refractivity contribution is 6.51. The van der Waals surface area contributed by atoms with Crippen molar-refractivity contribution in [2.24, 2.45) is 0 Å².